The van der Waals surface area contributed by atoms with Gasteiger partial charge in [-0.3, -0.25) is 9.78 Å². The average Bonchev–Trinajstić information content (AvgIpc) is 3.38. The van der Waals surface area contributed by atoms with Crippen molar-refractivity contribution in [1.29, 1.82) is 0 Å². The molecule has 0 saturated carbocycles. The summed E-state index contributed by atoms with van der Waals surface area (Å²) >= 11 is 0. The maximum atomic E-state index is 11.0. The van der Waals surface area contributed by atoms with Crippen LogP contribution in [0.4, 0.5) is 0 Å². The van der Waals surface area contributed by atoms with Crippen LogP contribution in [0.3, 0.4) is 0 Å². The minimum absolute atomic E-state index is 0.489. The molecule has 5 aromatic heterocycles. The summed E-state index contributed by atoms with van der Waals surface area (Å²) in [6.45, 7) is 0. The van der Waals surface area contributed by atoms with Crippen LogP contribution < -0.4 is 5.73 Å². The molecule has 140 valence electrons. The van der Waals surface area contributed by atoms with Gasteiger partial charge in [0, 0.05) is 59.0 Å². The zero-order valence-electron chi connectivity index (χ0n) is 15.3. The number of carbonyl (C=O) groups is 1. The molecule has 0 unspecified atom stereocenters. The first-order chi connectivity index (χ1) is 14.2. The van der Waals surface area contributed by atoms with Crippen molar-refractivity contribution in [1.82, 2.24) is 24.9 Å². The van der Waals surface area contributed by atoms with E-state index in [2.05, 4.69) is 31.0 Å². The van der Waals surface area contributed by atoms with Gasteiger partial charge < -0.3 is 15.7 Å². The zero-order valence-corrected chi connectivity index (χ0v) is 15.3. The smallest absolute Gasteiger partial charge is 0.241 e. The lowest BCUT2D eigenvalue weighted by atomic mass is 10.0. The second kappa shape index (κ2) is 6.72. The summed E-state index contributed by atoms with van der Waals surface area (Å²) in [4.78, 5) is 30.8. The molecule has 5 heterocycles. The number of nitrogens with two attached hydrogens (primary N) is 1. The summed E-state index contributed by atoms with van der Waals surface area (Å²) in [6, 6.07) is 9.79. The summed E-state index contributed by atoms with van der Waals surface area (Å²) in [6.07, 6.45) is 12.1. The third-order valence-corrected chi connectivity index (χ3v) is 4.80. The number of hydrogen-bond donors (Lipinski definition) is 3. The fourth-order valence-corrected chi connectivity index (χ4v) is 3.45. The van der Waals surface area contributed by atoms with Crippen molar-refractivity contribution in [2.75, 3.05) is 0 Å². The minimum Gasteiger partial charge on any atom is -0.366 e. The van der Waals surface area contributed by atoms with Gasteiger partial charge >= 0.3 is 0 Å². The van der Waals surface area contributed by atoms with E-state index in [4.69, 9.17) is 5.73 Å². The molecule has 29 heavy (non-hydrogen) atoms. The van der Waals surface area contributed by atoms with Crippen LogP contribution in [0.15, 0.2) is 67.4 Å². The van der Waals surface area contributed by atoms with Crippen LogP contribution in [0.25, 0.3) is 50.5 Å². The molecule has 0 aliphatic heterocycles. The zero-order chi connectivity index (χ0) is 19.8. The van der Waals surface area contributed by atoms with Gasteiger partial charge in [-0.25, -0.2) is 9.97 Å². The van der Waals surface area contributed by atoms with E-state index in [1.165, 1.54) is 6.08 Å². The molecule has 0 aliphatic rings. The van der Waals surface area contributed by atoms with Crippen LogP contribution in [0.2, 0.25) is 0 Å². The molecule has 0 saturated heterocycles. The fraction of sp³-hybridized carbons (Fsp3) is 0. The quantitative estimate of drug-likeness (QED) is 0.413. The van der Waals surface area contributed by atoms with Gasteiger partial charge in [0.05, 0.1) is 5.69 Å². The number of aromatic nitrogens is 5. The Labute approximate surface area is 165 Å². The van der Waals surface area contributed by atoms with Gasteiger partial charge in [-0.1, -0.05) is 0 Å². The number of fused-ring (bicyclic) bond motifs is 2. The summed E-state index contributed by atoms with van der Waals surface area (Å²) in [5, 5.41) is 2.05. The van der Waals surface area contributed by atoms with Gasteiger partial charge in [-0.15, -0.1) is 0 Å². The Hall–Kier alpha value is -4.26. The predicted molar refractivity (Wildman–Crippen MR) is 113 cm³/mol. The van der Waals surface area contributed by atoms with Crippen molar-refractivity contribution in [2.24, 2.45) is 5.73 Å². The SMILES string of the molecule is NC(=O)/C=C/c1ccnc(-c2cnc3[nH]cc(-c4ccnc5[nH]ccc45)c3c2)c1. The van der Waals surface area contributed by atoms with E-state index in [9.17, 15) is 4.79 Å². The van der Waals surface area contributed by atoms with Crippen LogP contribution in [0.5, 0.6) is 0 Å². The topological polar surface area (TPSA) is 113 Å². The highest BCUT2D eigenvalue weighted by molar-refractivity contribution is 6.03. The Bertz CT molecular complexity index is 1400. The highest BCUT2D eigenvalue weighted by Gasteiger charge is 2.13. The van der Waals surface area contributed by atoms with Gasteiger partial charge in [0.15, 0.2) is 0 Å². The van der Waals surface area contributed by atoms with Gasteiger partial charge in [-0.2, -0.15) is 0 Å². The van der Waals surface area contributed by atoms with Crippen molar-refractivity contribution >= 4 is 34.1 Å². The van der Waals surface area contributed by atoms with Crippen molar-refractivity contribution in [3.05, 3.63) is 73.0 Å². The maximum Gasteiger partial charge on any atom is 0.241 e. The number of carbonyl (C=O) groups excluding carboxylic acids is 1. The molecule has 1 amide bonds. The predicted octanol–water partition coefficient (Wildman–Crippen LogP) is 3.67. The van der Waals surface area contributed by atoms with Crippen LogP contribution in [0.1, 0.15) is 5.56 Å². The summed E-state index contributed by atoms with van der Waals surface area (Å²) < 4.78 is 0. The molecule has 5 aromatic rings. The third-order valence-electron chi connectivity index (χ3n) is 4.80. The Kier molecular flexibility index (Phi) is 3.91. The number of aromatic amines is 2. The summed E-state index contributed by atoms with van der Waals surface area (Å²) in [7, 11) is 0. The van der Waals surface area contributed by atoms with Crippen LogP contribution >= 0.6 is 0 Å². The van der Waals surface area contributed by atoms with Gasteiger partial charge in [0.25, 0.3) is 0 Å². The maximum absolute atomic E-state index is 11.0. The highest BCUT2D eigenvalue weighted by Crippen LogP contribution is 2.34. The largest absolute Gasteiger partial charge is 0.366 e. The van der Waals surface area contributed by atoms with Crippen LogP contribution in [-0.4, -0.2) is 30.8 Å². The number of pyridine rings is 3. The van der Waals surface area contributed by atoms with Crippen LogP contribution in [0, 0.1) is 0 Å². The lowest BCUT2D eigenvalue weighted by Crippen LogP contribution is -2.05. The molecule has 0 radical (unpaired) electrons. The molecule has 7 nitrogen and oxygen atoms in total. The van der Waals surface area contributed by atoms with E-state index in [1.807, 2.05) is 36.7 Å². The Balaban J connectivity index is 1.63. The molecular formula is C22H16N6O. The second-order valence-electron chi connectivity index (χ2n) is 6.63. The molecule has 0 atom stereocenters. The first-order valence-corrected chi connectivity index (χ1v) is 9.02. The molecule has 0 spiro atoms. The van der Waals surface area contributed by atoms with E-state index >= 15 is 0 Å². The lowest BCUT2D eigenvalue weighted by molar-refractivity contribution is -0.113. The van der Waals surface area contributed by atoms with Crippen LogP contribution in [-0.2, 0) is 4.79 Å². The van der Waals surface area contributed by atoms with E-state index in [0.29, 0.717) is 0 Å². The molecule has 0 aliphatic carbocycles. The molecule has 4 N–H and O–H groups in total. The normalized spacial score (nSPS) is 11.6. The number of primary amides is 1. The van der Waals surface area contributed by atoms with Crippen molar-refractivity contribution in [3.63, 3.8) is 0 Å². The molecule has 5 rings (SSSR count). The Morgan fingerprint density at radius 2 is 1.79 bits per heavy atom. The van der Waals surface area contributed by atoms with E-state index in [0.717, 1.165) is 50.0 Å². The first-order valence-electron chi connectivity index (χ1n) is 9.02. The fourth-order valence-electron chi connectivity index (χ4n) is 3.45. The Morgan fingerprint density at radius 1 is 0.931 bits per heavy atom. The van der Waals surface area contributed by atoms with Gasteiger partial charge in [-0.05, 0) is 47.5 Å². The van der Waals surface area contributed by atoms with Gasteiger partial charge in [0.2, 0.25) is 5.91 Å². The molecular weight excluding hydrogens is 364 g/mol. The minimum atomic E-state index is -0.489. The number of H-pyrrole nitrogens is 2. The van der Waals surface area contributed by atoms with Crippen molar-refractivity contribution < 1.29 is 4.79 Å². The van der Waals surface area contributed by atoms with Crippen molar-refractivity contribution in [3.8, 4) is 22.4 Å². The summed E-state index contributed by atoms with van der Waals surface area (Å²) in [5.41, 5.74) is 11.4. The third kappa shape index (κ3) is 3.04. The van der Waals surface area contributed by atoms with E-state index in [-0.39, 0.29) is 0 Å². The number of nitrogens with zero attached hydrogens (tertiary/aromatic N) is 3. The number of amides is 1. The standard InChI is InChI=1S/C22H16N6O/c23-20(29)2-1-13-3-6-24-19(9-13)14-10-17-18(12-28-22(17)27-11-14)15-4-7-25-21-16(15)5-8-26-21/h1-12H,(H2,23,29)(H,25,26)(H,27,28)/b2-1+. The molecule has 0 bridgehead atoms. The average molecular weight is 380 g/mol. The molecule has 7 heteroatoms. The van der Waals surface area contributed by atoms with Crippen molar-refractivity contribution in [2.45, 2.75) is 0 Å². The number of nitrogens with one attached hydrogen (secondary N) is 2. The monoisotopic (exact) mass is 380 g/mol. The Morgan fingerprint density at radius 3 is 2.69 bits per heavy atom. The lowest BCUT2D eigenvalue weighted by Gasteiger charge is -2.05. The number of rotatable bonds is 4. The number of hydrogen-bond acceptors (Lipinski definition) is 4. The highest BCUT2D eigenvalue weighted by atomic mass is 16.1. The van der Waals surface area contributed by atoms with Gasteiger partial charge in [0.1, 0.15) is 11.3 Å². The first kappa shape index (κ1) is 16.9. The molecule has 0 fully saturated rings. The van der Waals surface area contributed by atoms with E-state index < -0.39 is 5.91 Å². The summed E-state index contributed by atoms with van der Waals surface area (Å²) in [5.74, 6) is -0.489. The second-order valence-corrected chi connectivity index (χ2v) is 6.63. The molecule has 0 aromatic carbocycles. The van der Waals surface area contributed by atoms with E-state index in [1.54, 1.807) is 24.7 Å².